The van der Waals surface area contributed by atoms with E-state index >= 15 is 0 Å². The van der Waals surface area contributed by atoms with E-state index in [4.69, 9.17) is 12.2 Å². The normalized spacial score (nSPS) is 18.0. The third kappa shape index (κ3) is 2.96. The van der Waals surface area contributed by atoms with E-state index in [2.05, 4.69) is 4.98 Å². The molecule has 0 spiro atoms. The van der Waals surface area contributed by atoms with Crippen LogP contribution in [-0.4, -0.2) is 20.1 Å². The maximum atomic E-state index is 12.7. The molecule has 1 saturated heterocycles. The largest absolute Gasteiger partial charge is 0.286 e. The Labute approximate surface area is 139 Å². The van der Waals surface area contributed by atoms with Crippen LogP contribution in [-0.2, 0) is 4.79 Å². The lowest BCUT2D eigenvalue weighted by molar-refractivity contribution is -0.123. The number of benzene rings is 1. The lowest BCUT2D eigenvalue weighted by Crippen LogP contribution is -2.30. The van der Waals surface area contributed by atoms with Gasteiger partial charge in [-0.25, -0.2) is 0 Å². The summed E-state index contributed by atoms with van der Waals surface area (Å²) in [6.07, 6.45) is 5.27. The molecular formula is C17H14N2OS2. The molecule has 3 rings (SSSR count). The summed E-state index contributed by atoms with van der Waals surface area (Å²) in [5.41, 5.74) is 2.02. The fraction of sp³-hybridized carbons (Fsp3) is 0.118. The molecule has 1 aliphatic heterocycles. The molecule has 5 heteroatoms. The molecule has 1 unspecified atom stereocenters. The van der Waals surface area contributed by atoms with Gasteiger partial charge in [-0.05, 0) is 36.3 Å². The molecule has 0 saturated carbocycles. The Morgan fingerprint density at radius 2 is 1.86 bits per heavy atom. The average Bonchev–Trinajstić information content (AvgIpc) is 2.82. The molecular weight excluding hydrogens is 312 g/mol. The van der Waals surface area contributed by atoms with Crippen LogP contribution in [0, 0.1) is 0 Å². The minimum absolute atomic E-state index is 0.0387. The van der Waals surface area contributed by atoms with Gasteiger partial charge in [0.25, 0.3) is 5.91 Å². The van der Waals surface area contributed by atoms with E-state index in [0.717, 1.165) is 11.1 Å². The van der Waals surface area contributed by atoms with Crippen molar-refractivity contribution in [1.29, 1.82) is 0 Å². The summed E-state index contributed by atoms with van der Waals surface area (Å²) in [6.45, 7) is 2.00. The first-order valence-corrected chi connectivity index (χ1v) is 8.11. The standard InChI is InChI=1S/C17H14N2OS2/c1-12(14-5-3-2-4-6-14)19-16(20)15(22-17(19)21)11-13-7-9-18-10-8-13/h2-12H,1H3/b15-11-. The van der Waals surface area contributed by atoms with Crippen LogP contribution >= 0.6 is 24.0 Å². The Morgan fingerprint density at radius 1 is 1.18 bits per heavy atom. The number of hydrogen-bond donors (Lipinski definition) is 0. The molecule has 1 aromatic carbocycles. The van der Waals surface area contributed by atoms with Crippen molar-refractivity contribution in [3.8, 4) is 0 Å². The minimum Gasteiger partial charge on any atom is -0.286 e. The predicted molar refractivity (Wildman–Crippen MR) is 94.1 cm³/mol. The Balaban J connectivity index is 1.88. The van der Waals surface area contributed by atoms with Gasteiger partial charge >= 0.3 is 0 Å². The van der Waals surface area contributed by atoms with Crippen LogP contribution in [0.15, 0.2) is 59.8 Å². The second-order valence-electron chi connectivity index (χ2n) is 4.92. The highest BCUT2D eigenvalue weighted by molar-refractivity contribution is 8.26. The van der Waals surface area contributed by atoms with Gasteiger partial charge < -0.3 is 0 Å². The Morgan fingerprint density at radius 3 is 2.55 bits per heavy atom. The Kier molecular flexibility index (Phi) is 4.36. The summed E-state index contributed by atoms with van der Waals surface area (Å²) in [5, 5.41) is 0. The minimum atomic E-state index is -0.0722. The molecule has 22 heavy (non-hydrogen) atoms. The number of amides is 1. The van der Waals surface area contributed by atoms with E-state index in [1.165, 1.54) is 11.8 Å². The molecule has 1 fully saturated rings. The number of carbonyl (C=O) groups excluding carboxylic acids is 1. The lowest BCUT2D eigenvalue weighted by Gasteiger charge is -2.23. The van der Waals surface area contributed by atoms with Crippen molar-refractivity contribution in [3.63, 3.8) is 0 Å². The molecule has 1 atom stereocenters. The Hall–Kier alpha value is -1.98. The van der Waals surface area contributed by atoms with Crippen LogP contribution in [0.3, 0.4) is 0 Å². The smallest absolute Gasteiger partial charge is 0.266 e. The lowest BCUT2D eigenvalue weighted by atomic mass is 10.1. The first kappa shape index (κ1) is 14.9. The third-order valence-corrected chi connectivity index (χ3v) is 4.83. The summed E-state index contributed by atoms with van der Waals surface area (Å²) >= 11 is 6.75. The van der Waals surface area contributed by atoms with Crippen molar-refractivity contribution >= 4 is 40.3 Å². The fourth-order valence-corrected chi connectivity index (χ4v) is 3.72. The number of aromatic nitrogens is 1. The van der Waals surface area contributed by atoms with E-state index in [1.54, 1.807) is 17.3 Å². The highest BCUT2D eigenvalue weighted by Crippen LogP contribution is 2.37. The maximum absolute atomic E-state index is 12.7. The van der Waals surface area contributed by atoms with Crippen LogP contribution < -0.4 is 0 Å². The zero-order chi connectivity index (χ0) is 15.5. The number of nitrogens with zero attached hydrogens (tertiary/aromatic N) is 2. The van der Waals surface area contributed by atoms with Gasteiger partial charge in [0, 0.05) is 12.4 Å². The zero-order valence-corrected chi connectivity index (χ0v) is 13.6. The maximum Gasteiger partial charge on any atom is 0.266 e. The van der Waals surface area contributed by atoms with Crippen molar-refractivity contribution < 1.29 is 4.79 Å². The molecule has 2 aromatic rings. The molecule has 2 heterocycles. The molecule has 0 bridgehead atoms. The molecule has 1 aliphatic rings. The van der Waals surface area contributed by atoms with E-state index < -0.39 is 0 Å². The second kappa shape index (κ2) is 6.42. The summed E-state index contributed by atoms with van der Waals surface area (Å²) in [6, 6.07) is 13.6. The van der Waals surface area contributed by atoms with E-state index in [1.807, 2.05) is 55.5 Å². The monoisotopic (exact) mass is 326 g/mol. The fourth-order valence-electron chi connectivity index (χ4n) is 2.31. The number of pyridine rings is 1. The van der Waals surface area contributed by atoms with Gasteiger partial charge in [-0.1, -0.05) is 54.3 Å². The topological polar surface area (TPSA) is 33.2 Å². The van der Waals surface area contributed by atoms with Crippen molar-refractivity contribution in [2.24, 2.45) is 0 Å². The van der Waals surface area contributed by atoms with Gasteiger partial charge in [0.2, 0.25) is 0 Å². The number of thiocarbonyl (C=S) groups is 1. The van der Waals surface area contributed by atoms with Crippen molar-refractivity contribution in [3.05, 3.63) is 70.9 Å². The highest BCUT2D eigenvalue weighted by Gasteiger charge is 2.35. The number of carbonyl (C=O) groups is 1. The van der Waals surface area contributed by atoms with Crippen LogP contribution in [0.2, 0.25) is 0 Å². The van der Waals surface area contributed by atoms with Gasteiger partial charge in [-0.2, -0.15) is 0 Å². The number of thioether (sulfide) groups is 1. The van der Waals surface area contributed by atoms with Crippen LogP contribution in [0.25, 0.3) is 6.08 Å². The second-order valence-corrected chi connectivity index (χ2v) is 6.59. The quantitative estimate of drug-likeness (QED) is 0.629. The van der Waals surface area contributed by atoms with Crippen molar-refractivity contribution in [1.82, 2.24) is 9.88 Å². The zero-order valence-electron chi connectivity index (χ0n) is 12.0. The predicted octanol–water partition coefficient (Wildman–Crippen LogP) is 4.04. The first-order chi connectivity index (χ1) is 10.7. The van der Waals surface area contributed by atoms with Crippen molar-refractivity contribution in [2.45, 2.75) is 13.0 Å². The summed E-state index contributed by atoms with van der Waals surface area (Å²) in [4.78, 5) is 19.0. The van der Waals surface area contributed by atoms with Gasteiger partial charge in [-0.15, -0.1) is 0 Å². The SMILES string of the molecule is CC(c1ccccc1)N1C(=O)/C(=C/c2ccncc2)SC1=S. The van der Waals surface area contributed by atoms with E-state index in [0.29, 0.717) is 9.23 Å². The average molecular weight is 326 g/mol. The third-order valence-electron chi connectivity index (χ3n) is 3.50. The number of hydrogen-bond acceptors (Lipinski definition) is 4. The van der Waals surface area contributed by atoms with Crippen LogP contribution in [0.1, 0.15) is 24.1 Å². The van der Waals surface area contributed by atoms with Gasteiger partial charge in [-0.3, -0.25) is 14.7 Å². The molecule has 1 aromatic heterocycles. The molecule has 0 radical (unpaired) electrons. The summed E-state index contributed by atoms with van der Waals surface area (Å²) in [5.74, 6) is -0.0387. The van der Waals surface area contributed by atoms with Gasteiger partial charge in [0.1, 0.15) is 4.32 Å². The van der Waals surface area contributed by atoms with Crippen LogP contribution in [0.4, 0.5) is 0 Å². The molecule has 3 nitrogen and oxygen atoms in total. The Bertz CT molecular complexity index is 729. The van der Waals surface area contributed by atoms with E-state index in [-0.39, 0.29) is 11.9 Å². The first-order valence-electron chi connectivity index (χ1n) is 6.89. The van der Waals surface area contributed by atoms with Crippen molar-refractivity contribution in [2.75, 3.05) is 0 Å². The van der Waals surface area contributed by atoms with Gasteiger partial charge in [0.15, 0.2) is 0 Å². The molecule has 1 amide bonds. The van der Waals surface area contributed by atoms with E-state index in [9.17, 15) is 4.79 Å². The summed E-state index contributed by atoms with van der Waals surface area (Å²) in [7, 11) is 0. The highest BCUT2D eigenvalue weighted by atomic mass is 32.2. The van der Waals surface area contributed by atoms with Crippen LogP contribution in [0.5, 0.6) is 0 Å². The molecule has 0 N–H and O–H groups in total. The molecule has 110 valence electrons. The summed E-state index contributed by atoms with van der Waals surface area (Å²) < 4.78 is 0.599. The number of rotatable bonds is 3. The van der Waals surface area contributed by atoms with Gasteiger partial charge in [0.05, 0.1) is 10.9 Å². The molecule has 0 aliphatic carbocycles.